The molecule has 0 aliphatic carbocycles. The Morgan fingerprint density at radius 2 is 2.00 bits per heavy atom. The van der Waals surface area contributed by atoms with Crippen LogP contribution in [-0.4, -0.2) is 16.4 Å². The minimum atomic E-state index is 0.00792. The first-order valence-electron chi connectivity index (χ1n) is 7.22. The zero-order valence-corrected chi connectivity index (χ0v) is 12.7. The lowest BCUT2D eigenvalue weighted by molar-refractivity contribution is 0.0418. The molecule has 3 nitrogen and oxygen atoms in total. The van der Waals surface area contributed by atoms with Gasteiger partial charge in [-0.15, -0.1) is 0 Å². The highest BCUT2D eigenvalue weighted by atomic mass is 16.5. The number of aromatic nitrogens is 2. The number of fused-ring (bicyclic) bond motifs is 1. The lowest BCUT2D eigenvalue weighted by Gasteiger charge is -2.25. The van der Waals surface area contributed by atoms with E-state index >= 15 is 0 Å². The summed E-state index contributed by atoms with van der Waals surface area (Å²) in [5, 5.41) is 4.76. The van der Waals surface area contributed by atoms with Crippen molar-refractivity contribution in [1.29, 1.82) is 0 Å². The number of aryl methyl sites for hydroxylation is 1. The van der Waals surface area contributed by atoms with Gasteiger partial charge in [-0.3, -0.25) is 4.68 Å². The maximum Gasteiger partial charge on any atom is 0.124 e. The zero-order chi connectivity index (χ0) is 14.3. The summed E-state index contributed by atoms with van der Waals surface area (Å²) < 4.78 is 8.15. The van der Waals surface area contributed by atoms with Crippen molar-refractivity contribution in [3.63, 3.8) is 0 Å². The van der Waals surface area contributed by atoms with Crippen LogP contribution < -0.4 is 0 Å². The average molecular weight is 270 g/mol. The molecule has 0 N–H and O–H groups in total. The fourth-order valence-electron chi connectivity index (χ4n) is 2.66. The molecule has 0 amide bonds. The van der Waals surface area contributed by atoms with Crippen molar-refractivity contribution in [2.75, 3.05) is 6.61 Å². The van der Waals surface area contributed by atoms with Crippen LogP contribution in [0.3, 0.4) is 0 Å². The van der Waals surface area contributed by atoms with Gasteiger partial charge in [0.15, 0.2) is 0 Å². The third kappa shape index (κ3) is 2.27. The fraction of sp³-hybridized carbons (Fsp3) is 0.471. The molecule has 1 aromatic heterocycles. The second-order valence-electron chi connectivity index (χ2n) is 6.54. The summed E-state index contributed by atoms with van der Waals surface area (Å²) in [6.07, 6.45) is 0.00792. The minimum Gasteiger partial charge on any atom is -0.365 e. The zero-order valence-electron chi connectivity index (χ0n) is 12.7. The first-order valence-corrected chi connectivity index (χ1v) is 7.22. The third-order valence-electron chi connectivity index (χ3n) is 3.91. The number of rotatable bonds is 1. The van der Waals surface area contributed by atoms with Gasteiger partial charge in [-0.25, -0.2) is 0 Å². The summed E-state index contributed by atoms with van der Waals surface area (Å²) in [5.41, 5.74) is 4.89. The van der Waals surface area contributed by atoms with E-state index in [-0.39, 0.29) is 11.5 Å². The van der Waals surface area contributed by atoms with Crippen LogP contribution in [0.25, 0.3) is 0 Å². The molecule has 20 heavy (non-hydrogen) atoms. The quantitative estimate of drug-likeness (QED) is 0.791. The van der Waals surface area contributed by atoms with Crippen LogP contribution in [-0.2, 0) is 16.7 Å². The normalized spacial score (nSPS) is 18.9. The van der Waals surface area contributed by atoms with Crippen molar-refractivity contribution in [3.05, 3.63) is 52.8 Å². The van der Waals surface area contributed by atoms with Crippen molar-refractivity contribution in [2.24, 2.45) is 0 Å². The van der Waals surface area contributed by atoms with Crippen molar-refractivity contribution < 1.29 is 4.74 Å². The van der Waals surface area contributed by atoms with Crippen LogP contribution >= 0.6 is 0 Å². The molecule has 106 valence electrons. The predicted molar refractivity (Wildman–Crippen MR) is 79.9 cm³/mol. The van der Waals surface area contributed by atoms with E-state index in [1.165, 1.54) is 16.8 Å². The van der Waals surface area contributed by atoms with E-state index in [2.05, 4.69) is 62.7 Å². The standard InChI is InChI=1S/C17H22N2O/c1-12-7-5-6-8-13(12)16-14-11-15(17(2,3)4)18-19(14)9-10-20-16/h5-8,11,16H,9-10H2,1-4H3. The van der Waals surface area contributed by atoms with Crippen LogP contribution in [0, 0.1) is 6.92 Å². The second kappa shape index (κ2) is 4.74. The molecule has 1 aromatic carbocycles. The van der Waals surface area contributed by atoms with Gasteiger partial charge in [0.25, 0.3) is 0 Å². The molecule has 0 saturated carbocycles. The summed E-state index contributed by atoms with van der Waals surface area (Å²) in [6.45, 7) is 10.3. The van der Waals surface area contributed by atoms with Gasteiger partial charge in [0, 0.05) is 5.41 Å². The highest BCUT2D eigenvalue weighted by molar-refractivity contribution is 5.35. The molecule has 1 aliphatic rings. The summed E-state index contributed by atoms with van der Waals surface area (Å²) >= 11 is 0. The van der Waals surface area contributed by atoms with Crippen LogP contribution in [0.1, 0.15) is 49.4 Å². The lowest BCUT2D eigenvalue weighted by atomic mass is 9.91. The molecule has 2 heterocycles. The number of nitrogens with zero attached hydrogens (tertiary/aromatic N) is 2. The smallest absolute Gasteiger partial charge is 0.124 e. The molecule has 1 unspecified atom stereocenters. The van der Waals surface area contributed by atoms with Gasteiger partial charge in [-0.2, -0.15) is 5.10 Å². The fourth-order valence-corrected chi connectivity index (χ4v) is 2.66. The van der Waals surface area contributed by atoms with Crippen molar-refractivity contribution in [3.8, 4) is 0 Å². The topological polar surface area (TPSA) is 27.1 Å². The van der Waals surface area contributed by atoms with Gasteiger partial charge < -0.3 is 4.74 Å². The predicted octanol–water partition coefficient (Wildman–Crippen LogP) is 3.61. The molecule has 0 fully saturated rings. The van der Waals surface area contributed by atoms with Gasteiger partial charge in [0.2, 0.25) is 0 Å². The maximum absolute atomic E-state index is 6.04. The van der Waals surface area contributed by atoms with Gasteiger partial charge in [-0.05, 0) is 24.1 Å². The first kappa shape index (κ1) is 13.4. The van der Waals surface area contributed by atoms with Crippen molar-refractivity contribution >= 4 is 0 Å². The Kier molecular flexibility index (Phi) is 3.17. The highest BCUT2D eigenvalue weighted by Crippen LogP contribution is 2.33. The van der Waals surface area contributed by atoms with Crippen LogP contribution in [0.4, 0.5) is 0 Å². The summed E-state index contributed by atoms with van der Waals surface area (Å²) in [4.78, 5) is 0. The molecule has 3 heteroatoms. The molecule has 0 saturated heterocycles. The Labute approximate surface area is 120 Å². The third-order valence-corrected chi connectivity index (χ3v) is 3.91. The van der Waals surface area contributed by atoms with E-state index < -0.39 is 0 Å². The Hall–Kier alpha value is -1.61. The van der Waals surface area contributed by atoms with Gasteiger partial charge in [-0.1, -0.05) is 45.0 Å². The molecule has 2 aromatic rings. The molecule has 3 rings (SSSR count). The molecule has 1 atom stereocenters. The number of hydrogen-bond acceptors (Lipinski definition) is 2. The molecule has 1 aliphatic heterocycles. The van der Waals surface area contributed by atoms with E-state index in [1.807, 2.05) is 0 Å². The number of hydrogen-bond donors (Lipinski definition) is 0. The van der Waals surface area contributed by atoms with Crippen molar-refractivity contribution in [2.45, 2.75) is 45.8 Å². The van der Waals surface area contributed by atoms with Crippen LogP contribution in [0.2, 0.25) is 0 Å². The number of ether oxygens (including phenoxy) is 1. The van der Waals surface area contributed by atoms with E-state index in [4.69, 9.17) is 9.84 Å². The molecular weight excluding hydrogens is 248 g/mol. The Morgan fingerprint density at radius 3 is 2.70 bits per heavy atom. The number of benzene rings is 1. The van der Waals surface area contributed by atoms with E-state index in [0.717, 1.165) is 18.8 Å². The maximum atomic E-state index is 6.04. The van der Waals surface area contributed by atoms with E-state index in [9.17, 15) is 0 Å². The van der Waals surface area contributed by atoms with Crippen molar-refractivity contribution in [1.82, 2.24) is 9.78 Å². The molecule has 0 radical (unpaired) electrons. The Balaban J connectivity index is 2.06. The van der Waals surface area contributed by atoms with Gasteiger partial charge in [0.1, 0.15) is 6.10 Å². The Morgan fingerprint density at radius 1 is 1.25 bits per heavy atom. The highest BCUT2D eigenvalue weighted by Gasteiger charge is 2.28. The second-order valence-corrected chi connectivity index (χ2v) is 6.54. The average Bonchev–Trinajstić information content (AvgIpc) is 2.83. The molecule has 0 bridgehead atoms. The first-order chi connectivity index (χ1) is 9.47. The van der Waals surface area contributed by atoms with Crippen LogP contribution in [0.15, 0.2) is 30.3 Å². The monoisotopic (exact) mass is 270 g/mol. The van der Waals surface area contributed by atoms with E-state index in [0.29, 0.717) is 0 Å². The van der Waals surface area contributed by atoms with E-state index in [1.54, 1.807) is 0 Å². The Bertz CT molecular complexity index is 622. The lowest BCUT2D eigenvalue weighted by Crippen LogP contribution is -2.23. The molecule has 0 spiro atoms. The minimum absolute atomic E-state index is 0.00792. The summed E-state index contributed by atoms with van der Waals surface area (Å²) in [6, 6.07) is 10.6. The van der Waals surface area contributed by atoms with Crippen LogP contribution in [0.5, 0.6) is 0 Å². The largest absolute Gasteiger partial charge is 0.365 e. The van der Waals surface area contributed by atoms with Gasteiger partial charge >= 0.3 is 0 Å². The molecular formula is C17H22N2O. The SMILES string of the molecule is Cc1ccccc1C1OCCn2nc(C(C)(C)C)cc21. The van der Waals surface area contributed by atoms with Gasteiger partial charge in [0.05, 0.1) is 24.5 Å². The summed E-state index contributed by atoms with van der Waals surface area (Å²) in [7, 11) is 0. The summed E-state index contributed by atoms with van der Waals surface area (Å²) in [5.74, 6) is 0.